The number of hydrogen-bond donors (Lipinski definition) is 1. The van der Waals surface area contributed by atoms with Crippen molar-refractivity contribution >= 4 is 11.8 Å². The van der Waals surface area contributed by atoms with Gasteiger partial charge in [-0.1, -0.05) is 0 Å². The van der Waals surface area contributed by atoms with Gasteiger partial charge in [0, 0.05) is 24.1 Å². The molecule has 0 aromatic carbocycles. The maximum atomic E-state index is 5.89. The fourth-order valence-electron chi connectivity index (χ4n) is 2.20. The highest BCUT2D eigenvalue weighted by molar-refractivity contribution is 7.99. The van der Waals surface area contributed by atoms with Crippen molar-refractivity contribution in [2.24, 2.45) is 0 Å². The van der Waals surface area contributed by atoms with Gasteiger partial charge in [0.05, 0.1) is 13.1 Å². The maximum Gasteiger partial charge on any atom is 0.120 e. The molecule has 1 aromatic rings. The molecule has 17 heavy (non-hydrogen) atoms. The first-order chi connectivity index (χ1) is 8.20. The number of furan rings is 1. The fourth-order valence-corrected chi connectivity index (χ4v) is 3.28. The van der Waals surface area contributed by atoms with Gasteiger partial charge in [-0.25, -0.2) is 0 Å². The Kier molecular flexibility index (Phi) is 4.54. The van der Waals surface area contributed by atoms with E-state index >= 15 is 0 Å². The summed E-state index contributed by atoms with van der Waals surface area (Å²) in [7, 11) is 1.95. The normalized spacial score (nSPS) is 21.9. The van der Waals surface area contributed by atoms with E-state index in [0.29, 0.717) is 6.04 Å². The Morgan fingerprint density at radius 2 is 2.41 bits per heavy atom. The Labute approximate surface area is 108 Å². The number of thioether (sulfide) groups is 1. The lowest BCUT2D eigenvalue weighted by Gasteiger charge is -2.32. The summed E-state index contributed by atoms with van der Waals surface area (Å²) in [6.45, 7) is 7.36. The predicted molar refractivity (Wildman–Crippen MR) is 73.4 cm³/mol. The van der Waals surface area contributed by atoms with E-state index in [1.807, 2.05) is 7.05 Å². The second-order valence-electron chi connectivity index (χ2n) is 4.74. The van der Waals surface area contributed by atoms with E-state index in [4.69, 9.17) is 4.42 Å². The molecule has 1 fully saturated rings. The minimum absolute atomic E-state index is 0.659. The molecule has 0 radical (unpaired) electrons. The lowest BCUT2D eigenvalue weighted by atomic mass is 10.2. The quantitative estimate of drug-likeness (QED) is 0.892. The predicted octanol–water partition coefficient (Wildman–Crippen LogP) is 2.24. The van der Waals surface area contributed by atoms with Crippen LogP contribution in [-0.4, -0.2) is 36.0 Å². The zero-order valence-electron chi connectivity index (χ0n) is 11.0. The van der Waals surface area contributed by atoms with Crippen LogP contribution in [0.1, 0.15) is 24.0 Å². The van der Waals surface area contributed by atoms with E-state index < -0.39 is 0 Å². The lowest BCUT2D eigenvalue weighted by molar-refractivity contribution is 0.204. The Morgan fingerprint density at radius 1 is 1.59 bits per heavy atom. The zero-order chi connectivity index (χ0) is 12.3. The molecule has 0 saturated carbocycles. The van der Waals surface area contributed by atoms with E-state index in [-0.39, 0.29) is 0 Å². The molecular formula is C13H22N2OS. The first-order valence-electron chi connectivity index (χ1n) is 6.25. The number of hydrogen-bond acceptors (Lipinski definition) is 4. The summed E-state index contributed by atoms with van der Waals surface area (Å²) in [5, 5.41) is 3.14. The average Bonchev–Trinajstić information content (AvgIpc) is 2.63. The fraction of sp³-hybridized carbons (Fsp3) is 0.692. The van der Waals surface area contributed by atoms with E-state index in [1.54, 1.807) is 0 Å². The molecule has 1 unspecified atom stereocenters. The van der Waals surface area contributed by atoms with Crippen LogP contribution in [-0.2, 0) is 13.1 Å². The molecule has 2 heterocycles. The highest BCUT2D eigenvalue weighted by Gasteiger charge is 2.20. The Bertz CT molecular complexity index is 364. The smallest absolute Gasteiger partial charge is 0.120 e. The summed E-state index contributed by atoms with van der Waals surface area (Å²) in [6, 6.07) is 2.84. The standard InChI is InChI=1S/C13H22N2OS/c1-10-6-12(16-13(10)7-14-3)8-15-4-5-17-9-11(15)2/h6,11,14H,4-5,7-9H2,1-3H3. The molecule has 1 atom stereocenters. The van der Waals surface area contributed by atoms with Gasteiger partial charge in [-0.15, -0.1) is 0 Å². The van der Waals surface area contributed by atoms with Crippen molar-refractivity contribution in [1.29, 1.82) is 0 Å². The molecule has 0 bridgehead atoms. The Morgan fingerprint density at radius 3 is 3.12 bits per heavy atom. The SMILES string of the molecule is CNCc1oc(CN2CCSCC2C)cc1C. The molecule has 2 rings (SSSR count). The van der Waals surface area contributed by atoms with E-state index in [1.165, 1.54) is 23.6 Å². The highest BCUT2D eigenvalue weighted by atomic mass is 32.2. The van der Waals surface area contributed by atoms with Crippen molar-refractivity contribution in [1.82, 2.24) is 10.2 Å². The molecule has 96 valence electrons. The van der Waals surface area contributed by atoms with Gasteiger partial charge < -0.3 is 9.73 Å². The molecule has 1 aliphatic heterocycles. The van der Waals surface area contributed by atoms with Crippen LogP contribution in [0.2, 0.25) is 0 Å². The Hall–Kier alpha value is -0.450. The molecule has 1 aromatic heterocycles. The van der Waals surface area contributed by atoms with Crippen LogP contribution >= 0.6 is 11.8 Å². The monoisotopic (exact) mass is 254 g/mol. The molecule has 3 nitrogen and oxygen atoms in total. The van der Waals surface area contributed by atoms with Crippen molar-refractivity contribution < 1.29 is 4.42 Å². The summed E-state index contributed by atoms with van der Waals surface area (Å²) < 4.78 is 5.89. The van der Waals surface area contributed by atoms with Crippen LogP contribution in [0.15, 0.2) is 10.5 Å². The van der Waals surface area contributed by atoms with E-state index in [0.717, 1.165) is 24.6 Å². The number of nitrogens with one attached hydrogen (secondary N) is 1. The van der Waals surface area contributed by atoms with Crippen LogP contribution < -0.4 is 5.32 Å². The summed E-state index contributed by atoms with van der Waals surface area (Å²) in [4.78, 5) is 2.51. The first kappa shape index (κ1) is 13.0. The van der Waals surface area contributed by atoms with Crippen molar-refractivity contribution in [3.05, 3.63) is 23.2 Å². The summed E-state index contributed by atoms with van der Waals surface area (Å²) in [5.74, 6) is 4.66. The second-order valence-corrected chi connectivity index (χ2v) is 5.89. The van der Waals surface area contributed by atoms with Gasteiger partial charge in [-0.3, -0.25) is 4.90 Å². The molecule has 4 heteroatoms. The first-order valence-corrected chi connectivity index (χ1v) is 7.40. The number of aryl methyl sites for hydroxylation is 1. The largest absolute Gasteiger partial charge is 0.463 e. The van der Waals surface area contributed by atoms with Crippen LogP contribution in [0.25, 0.3) is 0 Å². The van der Waals surface area contributed by atoms with Crippen LogP contribution in [0, 0.1) is 6.92 Å². The van der Waals surface area contributed by atoms with Crippen molar-refractivity contribution in [3.63, 3.8) is 0 Å². The lowest BCUT2D eigenvalue weighted by Crippen LogP contribution is -2.39. The van der Waals surface area contributed by atoms with Gasteiger partial charge in [0.25, 0.3) is 0 Å². The second kappa shape index (κ2) is 5.94. The Balaban J connectivity index is 2.00. The molecular weight excluding hydrogens is 232 g/mol. The highest BCUT2D eigenvalue weighted by Crippen LogP contribution is 2.21. The third kappa shape index (κ3) is 3.27. The summed E-state index contributed by atoms with van der Waals surface area (Å²) >= 11 is 2.05. The number of rotatable bonds is 4. The third-order valence-corrected chi connectivity index (χ3v) is 4.46. The summed E-state index contributed by atoms with van der Waals surface area (Å²) in [6.07, 6.45) is 0. The van der Waals surface area contributed by atoms with Gasteiger partial charge in [-0.05, 0) is 32.5 Å². The van der Waals surface area contributed by atoms with Gasteiger partial charge >= 0.3 is 0 Å². The third-order valence-electron chi connectivity index (χ3n) is 3.27. The molecule has 1 N–H and O–H groups in total. The van der Waals surface area contributed by atoms with Gasteiger partial charge in [0.2, 0.25) is 0 Å². The molecule has 1 aliphatic rings. The van der Waals surface area contributed by atoms with Crippen LogP contribution in [0.5, 0.6) is 0 Å². The average molecular weight is 254 g/mol. The minimum Gasteiger partial charge on any atom is -0.463 e. The molecule has 0 amide bonds. The molecule has 0 spiro atoms. The van der Waals surface area contributed by atoms with E-state index in [9.17, 15) is 0 Å². The van der Waals surface area contributed by atoms with Gasteiger partial charge in [-0.2, -0.15) is 11.8 Å². The van der Waals surface area contributed by atoms with Crippen molar-refractivity contribution in [2.75, 3.05) is 25.1 Å². The summed E-state index contributed by atoms with van der Waals surface area (Å²) in [5.41, 5.74) is 1.26. The van der Waals surface area contributed by atoms with Crippen molar-refractivity contribution in [2.45, 2.75) is 33.0 Å². The van der Waals surface area contributed by atoms with Crippen molar-refractivity contribution in [3.8, 4) is 0 Å². The number of nitrogens with zero attached hydrogens (tertiary/aromatic N) is 1. The minimum atomic E-state index is 0.659. The van der Waals surface area contributed by atoms with Gasteiger partial charge in [0.1, 0.15) is 11.5 Å². The maximum absolute atomic E-state index is 5.89. The van der Waals surface area contributed by atoms with Crippen LogP contribution in [0.3, 0.4) is 0 Å². The molecule has 1 saturated heterocycles. The zero-order valence-corrected chi connectivity index (χ0v) is 11.8. The topological polar surface area (TPSA) is 28.4 Å². The molecule has 0 aliphatic carbocycles. The van der Waals surface area contributed by atoms with E-state index in [2.05, 4.69) is 41.9 Å². The van der Waals surface area contributed by atoms with Gasteiger partial charge in [0.15, 0.2) is 0 Å². The van der Waals surface area contributed by atoms with Crippen LogP contribution in [0.4, 0.5) is 0 Å².